The molecular weight excluding hydrogens is 424 g/mol. The van der Waals surface area contributed by atoms with E-state index in [0.717, 1.165) is 16.0 Å². The summed E-state index contributed by atoms with van der Waals surface area (Å²) in [5.74, 6) is -1.54. The van der Waals surface area contributed by atoms with E-state index in [1.807, 2.05) is 19.9 Å². The van der Waals surface area contributed by atoms with Crippen LogP contribution in [0.4, 0.5) is 10.5 Å². The van der Waals surface area contributed by atoms with Gasteiger partial charge in [-0.3, -0.25) is 14.9 Å². The molecule has 1 aliphatic heterocycles. The maximum atomic E-state index is 13.1. The van der Waals surface area contributed by atoms with Crippen LogP contribution in [-0.2, 0) is 14.3 Å². The lowest BCUT2D eigenvalue weighted by atomic mass is 10.1. The molecule has 2 aromatic carbocycles. The second-order valence-electron chi connectivity index (χ2n) is 7.54. The van der Waals surface area contributed by atoms with E-state index in [1.165, 1.54) is 13.2 Å². The molecule has 1 N–H and O–H groups in total. The number of methoxy groups -OCH3 is 1. The number of hydrogen-bond acceptors (Lipinski definition) is 6. The monoisotopic (exact) mass is 444 g/mol. The van der Waals surface area contributed by atoms with Gasteiger partial charge in [-0.1, -0.05) is 24.3 Å². The fourth-order valence-corrected chi connectivity index (χ4v) is 3.68. The predicted octanol–water partition coefficient (Wildman–Crippen LogP) is 4.02. The molecule has 166 valence electrons. The number of rotatable bonds is 4. The molecule has 3 aromatic rings. The highest BCUT2D eigenvalue weighted by Gasteiger charge is 2.37. The van der Waals surface area contributed by atoms with Gasteiger partial charge in [0.1, 0.15) is 17.1 Å². The summed E-state index contributed by atoms with van der Waals surface area (Å²) in [5, 5.41) is 2.19. The first-order valence-electron chi connectivity index (χ1n) is 10.1. The van der Waals surface area contributed by atoms with Crippen LogP contribution in [0.1, 0.15) is 27.2 Å². The third kappa shape index (κ3) is 4.18. The number of nitrogens with one attached hydrogen (secondary N) is 1. The SMILES string of the molecule is COC(=O)c1ccccc1-c1ccc(/C=C2\C(=O)NC(=O)N(c3cc(C)cc(C)c3)C2=O)o1. The van der Waals surface area contributed by atoms with Gasteiger partial charge in [0.05, 0.1) is 18.4 Å². The zero-order valence-electron chi connectivity index (χ0n) is 18.2. The number of urea groups is 1. The van der Waals surface area contributed by atoms with Gasteiger partial charge < -0.3 is 9.15 Å². The number of imide groups is 2. The largest absolute Gasteiger partial charge is 0.465 e. The summed E-state index contributed by atoms with van der Waals surface area (Å²) in [7, 11) is 1.28. The molecule has 0 spiro atoms. The molecule has 1 aromatic heterocycles. The second kappa shape index (κ2) is 8.58. The van der Waals surface area contributed by atoms with Gasteiger partial charge in [0, 0.05) is 5.56 Å². The summed E-state index contributed by atoms with van der Waals surface area (Å²) in [4.78, 5) is 51.0. The molecule has 1 fully saturated rings. The van der Waals surface area contributed by atoms with Gasteiger partial charge in [0.15, 0.2) is 0 Å². The highest BCUT2D eigenvalue weighted by molar-refractivity contribution is 6.39. The molecule has 33 heavy (non-hydrogen) atoms. The first kappa shape index (κ1) is 21.8. The van der Waals surface area contributed by atoms with Crippen molar-refractivity contribution >= 4 is 35.6 Å². The van der Waals surface area contributed by atoms with Crippen molar-refractivity contribution in [3.05, 3.63) is 82.6 Å². The summed E-state index contributed by atoms with van der Waals surface area (Å²) in [6, 6.07) is 14.4. The van der Waals surface area contributed by atoms with Crippen LogP contribution in [0.5, 0.6) is 0 Å². The van der Waals surface area contributed by atoms with E-state index in [9.17, 15) is 19.2 Å². The minimum absolute atomic E-state index is 0.206. The van der Waals surface area contributed by atoms with Crippen molar-refractivity contribution in [2.24, 2.45) is 0 Å². The van der Waals surface area contributed by atoms with Gasteiger partial charge in [0.25, 0.3) is 11.8 Å². The number of furan rings is 1. The summed E-state index contributed by atoms with van der Waals surface area (Å²) in [6.07, 6.45) is 1.27. The van der Waals surface area contributed by atoms with E-state index in [2.05, 4.69) is 5.32 Å². The van der Waals surface area contributed by atoms with Crippen molar-refractivity contribution in [2.45, 2.75) is 13.8 Å². The quantitative estimate of drug-likeness (QED) is 0.370. The Labute approximate surface area is 189 Å². The molecule has 4 amide bonds. The number of ether oxygens (including phenoxy) is 1. The van der Waals surface area contributed by atoms with E-state index in [4.69, 9.17) is 9.15 Å². The summed E-state index contributed by atoms with van der Waals surface area (Å²) < 4.78 is 10.6. The van der Waals surface area contributed by atoms with Gasteiger partial charge in [-0.05, 0) is 61.4 Å². The highest BCUT2D eigenvalue weighted by Crippen LogP contribution is 2.29. The van der Waals surface area contributed by atoms with Crippen molar-refractivity contribution < 1.29 is 28.3 Å². The Bertz CT molecular complexity index is 1310. The number of carbonyl (C=O) groups excluding carboxylic acids is 4. The second-order valence-corrected chi connectivity index (χ2v) is 7.54. The maximum absolute atomic E-state index is 13.1. The number of benzene rings is 2. The fraction of sp³-hybridized carbons (Fsp3) is 0.120. The Balaban J connectivity index is 1.70. The lowest BCUT2D eigenvalue weighted by molar-refractivity contribution is -0.122. The Morgan fingerprint density at radius 2 is 1.70 bits per heavy atom. The summed E-state index contributed by atoms with van der Waals surface area (Å²) in [6.45, 7) is 3.70. The normalized spacial score (nSPS) is 15.1. The van der Waals surface area contributed by atoms with Gasteiger partial charge >= 0.3 is 12.0 Å². The van der Waals surface area contributed by atoms with E-state index in [-0.39, 0.29) is 11.3 Å². The molecular formula is C25H20N2O6. The number of esters is 1. The molecule has 0 bridgehead atoms. The predicted molar refractivity (Wildman–Crippen MR) is 120 cm³/mol. The third-order valence-corrected chi connectivity index (χ3v) is 5.08. The Morgan fingerprint density at radius 3 is 2.39 bits per heavy atom. The van der Waals surface area contributed by atoms with Crippen LogP contribution in [0.15, 0.2) is 64.6 Å². The molecule has 8 nitrogen and oxygen atoms in total. The number of carbonyl (C=O) groups is 4. The van der Waals surface area contributed by atoms with Crippen LogP contribution in [-0.4, -0.2) is 30.9 Å². The van der Waals surface area contributed by atoms with E-state index < -0.39 is 23.8 Å². The number of barbiturate groups is 1. The van der Waals surface area contributed by atoms with Gasteiger partial charge in [-0.15, -0.1) is 0 Å². The summed E-state index contributed by atoms with van der Waals surface area (Å²) >= 11 is 0. The van der Waals surface area contributed by atoms with E-state index >= 15 is 0 Å². The third-order valence-electron chi connectivity index (χ3n) is 5.08. The first-order chi connectivity index (χ1) is 15.8. The number of aryl methyl sites for hydroxylation is 2. The van der Waals surface area contributed by atoms with Crippen molar-refractivity contribution in [1.29, 1.82) is 0 Å². The number of anilines is 1. The molecule has 0 aliphatic carbocycles. The molecule has 8 heteroatoms. The van der Waals surface area contributed by atoms with Crippen LogP contribution >= 0.6 is 0 Å². The Hall–Kier alpha value is -4.46. The van der Waals surface area contributed by atoms with Crippen molar-refractivity contribution in [2.75, 3.05) is 12.0 Å². The lowest BCUT2D eigenvalue weighted by Crippen LogP contribution is -2.54. The summed E-state index contributed by atoms with van der Waals surface area (Å²) in [5.41, 5.74) is 2.66. The average molecular weight is 444 g/mol. The van der Waals surface area contributed by atoms with E-state index in [0.29, 0.717) is 22.6 Å². The number of hydrogen-bond donors (Lipinski definition) is 1. The topological polar surface area (TPSA) is 106 Å². The zero-order valence-corrected chi connectivity index (χ0v) is 18.2. The molecule has 1 saturated heterocycles. The molecule has 4 rings (SSSR count). The molecule has 0 atom stereocenters. The molecule has 1 aliphatic rings. The maximum Gasteiger partial charge on any atom is 0.338 e. The van der Waals surface area contributed by atoms with Crippen LogP contribution < -0.4 is 10.2 Å². The van der Waals surface area contributed by atoms with Gasteiger partial charge in [-0.25, -0.2) is 14.5 Å². The van der Waals surface area contributed by atoms with Crippen molar-refractivity contribution in [1.82, 2.24) is 5.32 Å². The Morgan fingerprint density at radius 1 is 1.00 bits per heavy atom. The fourth-order valence-electron chi connectivity index (χ4n) is 3.68. The van der Waals surface area contributed by atoms with Crippen molar-refractivity contribution in [3.63, 3.8) is 0 Å². The average Bonchev–Trinajstić information content (AvgIpc) is 3.24. The van der Waals surface area contributed by atoms with Gasteiger partial charge in [0.2, 0.25) is 0 Å². The molecule has 2 heterocycles. The van der Waals surface area contributed by atoms with Crippen LogP contribution in [0.25, 0.3) is 17.4 Å². The minimum atomic E-state index is -0.821. The highest BCUT2D eigenvalue weighted by atomic mass is 16.5. The first-order valence-corrected chi connectivity index (χ1v) is 10.1. The molecule has 0 saturated carbocycles. The number of nitrogens with zero attached hydrogens (tertiary/aromatic N) is 1. The van der Waals surface area contributed by atoms with Crippen molar-refractivity contribution in [3.8, 4) is 11.3 Å². The Kier molecular flexibility index (Phi) is 5.66. The van der Waals surface area contributed by atoms with Gasteiger partial charge in [-0.2, -0.15) is 0 Å². The molecule has 0 radical (unpaired) electrons. The number of amides is 4. The van der Waals surface area contributed by atoms with Crippen LogP contribution in [0.2, 0.25) is 0 Å². The molecule has 0 unspecified atom stereocenters. The minimum Gasteiger partial charge on any atom is -0.465 e. The zero-order chi connectivity index (χ0) is 23.7. The van der Waals surface area contributed by atoms with Crippen LogP contribution in [0.3, 0.4) is 0 Å². The standard InChI is InChI=1S/C25H20N2O6/c1-14-10-15(2)12-16(11-14)27-23(29)20(22(28)26-25(27)31)13-17-8-9-21(33-17)18-6-4-5-7-19(18)24(30)32-3/h4-13H,1-3H3,(H,26,28,31)/b20-13+. The lowest BCUT2D eigenvalue weighted by Gasteiger charge is -2.26. The van der Waals surface area contributed by atoms with Crippen LogP contribution in [0, 0.1) is 13.8 Å². The van der Waals surface area contributed by atoms with E-state index in [1.54, 1.807) is 48.5 Å². The smallest absolute Gasteiger partial charge is 0.338 e.